The van der Waals surface area contributed by atoms with Crippen LogP contribution in [0.15, 0.2) is 60.7 Å². The molecule has 3 aromatic rings. The molecule has 2 nitrogen and oxygen atoms in total. The Hall–Kier alpha value is -2.35. The molecule has 0 aliphatic heterocycles. The summed E-state index contributed by atoms with van der Waals surface area (Å²) in [6.45, 7) is 0. The molecule has 2 heteroatoms. The number of carbonyl (C=O) groups excluding carboxylic acids is 1. The highest BCUT2D eigenvalue weighted by Crippen LogP contribution is 2.42. The third kappa shape index (κ3) is 1.76. The van der Waals surface area contributed by atoms with Gasteiger partial charge in [0.1, 0.15) is 0 Å². The van der Waals surface area contributed by atoms with Gasteiger partial charge in [0.15, 0.2) is 0 Å². The predicted molar refractivity (Wildman–Crippen MR) is 80.1 cm³/mol. The first-order valence-electron chi connectivity index (χ1n) is 7.05. The third-order valence-electron chi connectivity index (χ3n) is 3.96. The lowest BCUT2D eigenvalue weighted by atomic mass is 10.2. The molecule has 20 heavy (non-hydrogen) atoms. The van der Waals surface area contributed by atoms with E-state index in [9.17, 15) is 4.79 Å². The molecule has 98 valence electrons. The fourth-order valence-electron chi connectivity index (χ4n) is 2.79. The lowest BCUT2D eigenvalue weighted by Gasteiger charge is -2.08. The van der Waals surface area contributed by atoms with Crippen LogP contribution in [0.25, 0.3) is 10.9 Å². The fraction of sp³-hybridized carbons (Fsp3) is 0.167. The maximum Gasteiger partial charge on any atom is 0.262 e. The highest BCUT2D eigenvalue weighted by Gasteiger charge is 2.29. The molecule has 0 radical (unpaired) electrons. The summed E-state index contributed by atoms with van der Waals surface area (Å²) in [5.41, 5.74) is 2.93. The van der Waals surface area contributed by atoms with Gasteiger partial charge in [-0.2, -0.15) is 0 Å². The zero-order chi connectivity index (χ0) is 13.5. The molecule has 1 aliphatic carbocycles. The summed E-state index contributed by atoms with van der Waals surface area (Å²) >= 11 is 0. The second kappa shape index (κ2) is 4.34. The van der Waals surface area contributed by atoms with Gasteiger partial charge in [0.25, 0.3) is 5.91 Å². The number of para-hydroxylation sites is 1. The van der Waals surface area contributed by atoms with Gasteiger partial charge in [-0.05, 0) is 43.0 Å². The molecule has 0 amide bonds. The van der Waals surface area contributed by atoms with Crippen molar-refractivity contribution in [3.8, 4) is 0 Å². The third-order valence-corrected chi connectivity index (χ3v) is 3.96. The number of fused-ring (bicyclic) bond motifs is 1. The van der Waals surface area contributed by atoms with Crippen molar-refractivity contribution in [2.75, 3.05) is 0 Å². The highest BCUT2D eigenvalue weighted by molar-refractivity contribution is 6.03. The van der Waals surface area contributed by atoms with Crippen LogP contribution in [0.3, 0.4) is 0 Å². The normalized spacial score (nSPS) is 14.6. The lowest BCUT2D eigenvalue weighted by Crippen LogP contribution is -2.14. The van der Waals surface area contributed by atoms with Gasteiger partial charge in [0.2, 0.25) is 0 Å². The topological polar surface area (TPSA) is 22.0 Å². The van der Waals surface area contributed by atoms with Crippen molar-refractivity contribution in [1.29, 1.82) is 0 Å². The van der Waals surface area contributed by atoms with Gasteiger partial charge in [-0.15, -0.1) is 0 Å². The molecule has 0 unspecified atom stereocenters. The van der Waals surface area contributed by atoms with Gasteiger partial charge in [0, 0.05) is 16.6 Å². The van der Waals surface area contributed by atoms with E-state index in [4.69, 9.17) is 0 Å². The van der Waals surface area contributed by atoms with Crippen LogP contribution in [-0.2, 0) is 0 Å². The Kier molecular flexibility index (Phi) is 2.49. The largest absolute Gasteiger partial charge is 0.280 e. The molecule has 1 heterocycles. The van der Waals surface area contributed by atoms with Crippen LogP contribution in [0.4, 0.5) is 0 Å². The molecular formula is C18H15NO. The first kappa shape index (κ1) is 11.5. The molecule has 4 rings (SSSR count). The van der Waals surface area contributed by atoms with E-state index >= 15 is 0 Å². The summed E-state index contributed by atoms with van der Waals surface area (Å²) in [5.74, 6) is 0.628. The van der Waals surface area contributed by atoms with Crippen molar-refractivity contribution in [3.63, 3.8) is 0 Å². The Morgan fingerprint density at radius 1 is 0.950 bits per heavy atom. The van der Waals surface area contributed by atoms with Crippen molar-refractivity contribution < 1.29 is 4.79 Å². The minimum absolute atomic E-state index is 0.0775. The Morgan fingerprint density at radius 3 is 2.40 bits per heavy atom. The predicted octanol–water partition coefficient (Wildman–Crippen LogP) is 4.21. The molecule has 0 spiro atoms. The second-order valence-electron chi connectivity index (χ2n) is 5.41. The van der Waals surface area contributed by atoms with Gasteiger partial charge in [-0.3, -0.25) is 9.36 Å². The molecule has 1 saturated carbocycles. The first-order valence-corrected chi connectivity index (χ1v) is 7.05. The van der Waals surface area contributed by atoms with Gasteiger partial charge in [0.05, 0.1) is 5.52 Å². The highest BCUT2D eigenvalue weighted by atomic mass is 16.2. The number of carbonyl (C=O) groups is 1. The number of rotatable bonds is 2. The van der Waals surface area contributed by atoms with E-state index in [1.54, 1.807) is 0 Å². The first-order chi connectivity index (χ1) is 9.84. The van der Waals surface area contributed by atoms with E-state index in [-0.39, 0.29) is 5.91 Å². The van der Waals surface area contributed by atoms with E-state index in [1.165, 1.54) is 18.5 Å². The molecule has 0 bridgehead atoms. The Labute approximate surface area is 117 Å². The van der Waals surface area contributed by atoms with Gasteiger partial charge in [-0.1, -0.05) is 36.4 Å². The summed E-state index contributed by atoms with van der Waals surface area (Å²) in [5, 5.41) is 1.15. The molecule has 1 aliphatic rings. The molecule has 0 N–H and O–H groups in total. The van der Waals surface area contributed by atoms with Crippen LogP contribution < -0.4 is 0 Å². The minimum atomic E-state index is 0.0775. The number of nitrogens with zero attached hydrogens (tertiary/aromatic N) is 1. The SMILES string of the molecule is O=C(c1ccccc1)n1c(C2CC2)cc2ccccc21. The van der Waals surface area contributed by atoms with Gasteiger partial charge >= 0.3 is 0 Å². The van der Waals surface area contributed by atoms with Crippen molar-refractivity contribution in [3.05, 3.63) is 71.9 Å². The maximum atomic E-state index is 12.8. The molecule has 2 aromatic carbocycles. The molecule has 0 saturated heterocycles. The van der Waals surface area contributed by atoms with Crippen LogP contribution in [0.2, 0.25) is 0 Å². The summed E-state index contributed by atoms with van der Waals surface area (Å²) < 4.78 is 1.91. The summed E-state index contributed by atoms with van der Waals surface area (Å²) in [4.78, 5) is 12.8. The second-order valence-corrected chi connectivity index (χ2v) is 5.41. The van der Waals surface area contributed by atoms with Crippen molar-refractivity contribution >= 4 is 16.8 Å². The average molecular weight is 261 g/mol. The Morgan fingerprint density at radius 2 is 1.65 bits per heavy atom. The van der Waals surface area contributed by atoms with E-state index in [2.05, 4.69) is 12.1 Å². The number of aromatic nitrogens is 1. The maximum absolute atomic E-state index is 12.8. The molecule has 1 aromatic heterocycles. The zero-order valence-corrected chi connectivity index (χ0v) is 11.1. The molecule has 1 fully saturated rings. The van der Waals surface area contributed by atoms with Crippen LogP contribution in [0.5, 0.6) is 0 Å². The van der Waals surface area contributed by atoms with Crippen LogP contribution in [-0.4, -0.2) is 10.5 Å². The van der Waals surface area contributed by atoms with Crippen LogP contribution in [0, 0.1) is 0 Å². The van der Waals surface area contributed by atoms with E-state index in [0.717, 1.165) is 16.5 Å². The van der Waals surface area contributed by atoms with Gasteiger partial charge in [-0.25, -0.2) is 0 Å². The van der Waals surface area contributed by atoms with Crippen LogP contribution in [0.1, 0.15) is 34.8 Å². The summed E-state index contributed by atoms with van der Waals surface area (Å²) in [6, 6.07) is 19.8. The molecule has 0 atom stereocenters. The standard InChI is InChI=1S/C18H15NO/c20-18(14-6-2-1-3-7-14)19-16-9-5-4-8-15(16)12-17(19)13-10-11-13/h1-9,12-13H,10-11H2. The summed E-state index contributed by atoms with van der Waals surface area (Å²) in [6.07, 6.45) is 2.39. The number of hydrogen-bond acceptors (Lipinski definition) is 1. The Balaban J connectivity index is 1.93. The monoisotopic (exact) mass is 261 g/mol. The Bertz CT molecular complexity index is 782. The van der Waals surface area contributed by atoms with Crippen LogP contribution >= 0.6 is 0 Å². The van der Waals surface area contributed by atoms with E-state index < -0.39 is 0 Å². The van der Waals surface area contributed by atoms with Crippen molar-refractivity contribution in [2.24, 2.45) is 0 Å². The average Bonchev–Trinajstić information content (AvgIpc) is 3.28. The quantitative estimate of drug-likeness (QED) is 0.677. The minimum Gasteiger partial charge on any atom is -0.280 e. The lowest BCUT2D eigenvalue weighted by molar-refractivity contribution is 0.0962. The van der Waals surface area contributed by atoms with Crippen molar-refractivity contribution in [2.45, 2.75) is 18.8 Å². The van der Waals surface area contributed by atoms with E-state index in [0.29, 0.717) is 5.92 Å². The number of hydrogen-bond donors (Lipinski definition) is 0. The van der Waals surface area contributed by atoms with E-state index in [1.807, 2.05) is 53.1 Å². The summed E-state index contributed by atoms with van der Waals surface area (Å²) in [7, 11) is 0. The number of benzene rings is 2. The van der Waals surface area contributed by atoms with Crippen molar-refractivity contribution in [1.82, 2.24) is 4.57 Å². The smallest absolute Gasteiger partial charge is 0.262 e. The zero-order valence-electron chi connectivity index (χ0n) is 11.1. The fourth-order valence-corrected chi connectivity index (χ4v) is 2.79. The van der Waals surface area contributed by atoms with Gasteiger partial charge < -0.3 is 0 Å². The molecular weight excluding hydrogens is 246 g/mol.